The number of nitrogens with one attached hydrogen (secondary N) is 2. The lowest BCUT2D eigenvalue weighted by Gasteiger charge is -2.11. The molecule has 36 heavy (non-hydrogen) atoms. The summed E-state index contributed by atoms with van der Waals surface area (Å²) < 4.78 is 0. The van der Waals surface area contributed by atoms with E-state index in [4.69, 9.17) is 0 Å². The van der Waals surface area contributed by atoms with Gasteiger partial charge in [-0.3, -0.25) is 0 Å². The summed E-state index contributed by atoms with van der Waals surface area (Å²) in [6.45, 7) is 0. The molecule has 2 nitrogen and oxygen atoms in total. The van der Waals surface area contributed by atoms with Crippen molar-refractivity contribution in [1.29, 1.82) is 0 Å². The van der Waals surface area contributed by atoms with E-state index in [0.29, 0.717) is 0 Å². The van der Waals surface area contributed by atoms with Gasteiger partial charge in [-0.1, -0.05) is 97.1 Å². The molecule has 0 heterocycles. The molecule has 0 saturated carbocycles. The molecule has 0 aliphatic heterocycles. The summed E-state index contributed by atoms with van der Waals surface area (Å²) >= 11 is 0. The van der Waals surface area contributed by atoms with Crippen LogP contribution < -0.4 is 10.6 Å². The van der Waals surface area contributed by atoms with Crippen LogP contribution in [0.15, 0.2) is 146 Å². The molecule has 0 aromatic heterocycles. The molecule has 6 rings (SSSR count). The number of anilines is 4. The number of rotatable bonds is 6. The lowest BCUT2D eigenvalue weighted by atomic mass is 10.1. The van der Waals surface area contributed by atoms with Gasteiger partial charge in [-0.05, 0) is 81.6 Å². The smallest absolute Gasteiger partial charge is 0.0390 e. The molecule has 6 aromatic carbocycles. The molecular formula is C34H26N2. The second-order valence-electron chi connectivity index (χ2n) is 8.91. The van der Waals surface area contributed by atoms with E-state index in [9.17, 15) is 0 Å². The van der Waals surface area contributed by atoms with E-state index < -0.39 is 0 Å². The van der Waals surface area contributed by atoms with Gasteiger partial charge in [0, 0.05) is 22.7 Å². The maximum absolute atomic E-state index is 3.53. The van der Waals surface area contributed by atoms with Gasteiger partial charge in [0.25, 0.3) is 0 Å². The van der Waals surface area contributed by atoms with Gasteiger partial charge in [-0.15, -0.1) is 0 Å². The number of fused-ring (bicyclic) bond motifs is 1. The molecule has 2 N–H and O–H groups in total. The van der Waals surface area contributed by atoms with E-state index >= 15 is 0 Å². The highest BCUT2D eigenvalue weighted by Crippen LogP contribution is 2.28. The Kier molecular flexibility index (Phi) is 5.91. The van der Waals surface area contributed by atoms with Crippen LogP contribution in [0.25, 0.3) is 33.0 Å². The third kappa shape index (κ3) is 4.84. The Bertz CT molecular complexity index is 1460. The summed E-state index contributed by atoms with van der Waals surface area (Å²) in [6.07, 6.45) is 0. The maximum atomic E-state index is 3.53. The molecule has 2 heteroatoms. The fourth-order valence-corrected chi connectivity index (χ4v) is 4.49. The Labute approximate surface area is 211 Å². The topological polar surface area (TPSA) is 24.1 Å². The van der Waals surface area contributed by atoms with Crippen molar-refractivity contribution in [3.63, 3.8) is 0 Å². The molecule has 0 atom stereocenters. The second-order valence-corrected chi connectivity index (χ2v) is 8.91. The Hall–Kier alpha value is -4.82. The van der Waals surface area contributed by atoms with Crippen molar-refractivity contribution in [2.75, 3.05) is 10.6 Å². The minimum absolute atomic E-state index is 1.08. The van der Waals surface area contributed by atoms with E-state index in [1.807, 2.05) is 12.1 Å². The quantitative estimate of drug-likeness (QED) is 0.257. The zero-order valence-electron chi connectivity index (χ0n) is 19.9. The van der Waals surface area contributed by atoms with Crippen LogP contribution in [0.5, 0.6) is 0 Å². The number of hydrogen-bond acceptors (Lipinski definition) is 2. The van der Waals surface area contributed by atoms with E-state index in [2.05, 4.69) is 144 Å². The Morgan fingerprint density at radius 3 is 1.00 bits per heavy atom. The average Bonchev–Trinajstić information content (AvgIpc) is 2.95. The van der Waals surface area contributed by atoms with E-state index in [-0.39, 0.29) is 0 Å². The molecule has 0 fully saturated rings. The van der Waals surface area contributed by atoms with Crippen molar-refractivity contribution < 1.29 is 0 Å². The molecule has 0 spiro atoms. The summed E-state index contributed by atoms with van der Waals surface area (Å²) in [5, 5.41) is 9.46. The summed E-state index contributed by atoms with van der Waals surface area (Å²) in [6, 6.07) is 51.0. The molecule has 0 radical (unpaired) electrons. The third-order valence-electron chi connectivity index (χ3n) is 6.40. The van der Waals surface area contributed by atoms with Crippen molar-refractivity contribution in [3.8, 4) is 22.3 Å². The van der Waals surface area contributed by atoms with Gasteiger partial charge in [0.2, 0.25) is 0 Å². The van der Waals surface area contributed by atoms with Crippen LogP contribution in [-0.4, -0.2) is 0 Å². The first-order chi connectivity index (χ1) is 17.8. The summed E-state index contributed by atoms with van der Waals surface area (Å²) in [4.78, 5) is 0. The molecule has 0 aliphatic rings. The molecule has 0 amide bonds. The average molecular weight is 463 g/mol. The minimum Gasteiger partial charge on any atom is -0.356 e. The predicted octanol–water partition coefficient (Wildman–Crippen LogP) is 9.66. The molecule has 0 aliphatic carbocycles. The Morgan fingerprint density at radius 1 is 0.278 bits per heavy atom. The van der Waals surface area contributed by atoms with Gasteiger partial charge in [0.15, 0.2) is 0 Å². The fraction of sp³-hybridized carbons (Fsp3) is 0. The van der Waals surface area contributed by atoms with Crippen LogP contribution in [0.3, 0.4) is 0 Å². The monoisotopic (exact) mass is 462 g/mol. The van der Waals surface area contributed by atoms with Crippen molar-refractivity contribution in [3.05, 3.63) is 146 Å². The lowest BCUT2D eigenvalue weighted by Crippen LogP contribution is -1.92. The molecular weight excluding hydrogens is 436 g/mol. The summed E-state index contributed by atoms with van der Waals surface area (Å²) in [7, 11) is 0. The predicted molar refractivity (Wildman–Crippen MR) is 154 cm³/mol. The van der Waals surface area contributed by atoms with Gasteiger partial charge in [0.1, 0.15) is 0 Å². The fourth-order valence-electron chi connectivity index (χ4n) is 4.49. The maximum Gasteiger partial charge on any atom is 0.0390 e. The first kappa shape index (κ1) is 21.7. The highest BCUT2D eigenvalue weighted by molar-refractivity contribution is 5.90. The summed E-state index contributed by atoms with van der Waals surface area (Å²) in [5.41, 5.74) is 9.19. The Balaban J connectivity index is 1.15. The molecule has 0 saturated heterocycles. The van der Waals surface area contributed by atoms with Gasteiger partial charge >= 0.3 is 0 Å². The molecule has 6 aromatic rings. The van der Waals surface area contributed by atoms with Gasteiger partial charge in [0.05, 0.1) is 0 Å². The number of benzene rings is 6. The lowest BCUT2D eigenvalue weighted by molar-refractivity contribution is 1.54. The van der Waals surface area contributed by atoms with Crippen molar-refractivity contribution in [2.45, 2.75) is 0 Å². The van der Waals surface area contributed by atoms with Gasteiger partial charge in [-0.25, -0.2) is 0 Å². The zero-order valence-corrected chi connectivity index (χ0v) is 19.9. The molecule has 0 bridgehead atoms. The minimum atomic E-state index is 1.08. The van der Waals surface area contributed by atoms with Crippen LogP contribution in [0.4, 0.5) is 22.7 Å². The van der Waals surface area contributed by atoms with Crippen LogP contribution in [-0.2, 0) is 0 Å². The zero-order chi connectivity index (χ0) is 24.2. The standard InChI is InChI=1S/C34H26N2/c1-3-7-25(8-4-1)27-11-17-31(18-12-27)35-33-21-15-30-24-34(22-16-29(30)23-33)36-32-19-13-28(14-20-32)26-9-5-2-6-10-26/h1-24,35-36H. The van der Waals surface area contributed by atoms with Gasteiger partial charge in [-0.2, -0.15) is 0 Å². The first-order valence-electron chi connectivity index (χ1n) is 12.2. The van der Waals surface area contributed by atoms with Crippen LogP contribution >= 0.6 is 0 Å². The first-order valence-corrected chi connectivity index (χ1v) is 12.2. The normalized spacial score (nSPS) is 10.8. The largest absolute Gasteiger partial charge is 0.356 e. The van der Waals surface area contributed by atoms with Crippen molar-refractivity contribution >= 4 is 33.5 Å². The summed E-state index contributed by atoms with van der Waals surface area (Å²) in [5.74, 6) is 0. The molecule has 0 unspecified atom stereocenters. The third-order valence-corrected chi connectivity index (χ3v) is 6.40. The van der Waals surface area contributed by atoms with Crippen molar-refractivity contribution in [1.82, 2.24) is 0 Å². The van der Waals surface area contributed by atoms with Crippen molar-refractivity contribution in [2.24, 2.45) is 0 Å². The van der Waals surface area contributed by atoms with E-state index in [1.165, 1.54) is 33.0 Å². The number of hydrogen-bond donors (Lipinski definition) is 2. The van der Waals surface area contributed by atoms with Crippen LogP contribution in [0.1, 0.15) is 0 Å². The highest BCUT2D eigenvalue weighted by atomic mass is 14.9. The molecule has 172 valence electrons. The second kappa shape index (κ2) is 9.81. The van der Waals surface area contributed by atoms with Gasteiger partial charge < -0.3 is 10.6 Å². The van der Waals surface area contributed by atoms with Crippen LogP contribution in [0.2, 0.25) is 0 Å². The SMILES string of the molecule is c1ccc(-c2ccc(Nc3ccc4cc(Nc5ccc(-c6ccccc6)cc5)ccc4c3)cc2)cc1. The van der Waals surface area contributed by atoms with E-state index in [1.54, 1.807) is 0 Å². The van der Waals surface area contributed by atoms with E-state index in [0.717, 1.165) is 22.7 Å². The highest BCUT2D eigenvalue weighted by Gasteiger charge is 2.03. The van der Waals surface area contributed by atoms with Crippen LogP contribution in [0, 0.1) is 0 Å². The Morgan fingerprint density at radius 2 is 0.611 bits per heavy atom.